The molecule has 0 aliphatic heterocycles. The normalized spacial score (nSPS) is 22.9. The summed E-state index contributed by atoms with van der Waals surface area (Å²) in [6.07, 6.45) is 0.0170. The lowest BCUT2D eigenvalue weighted by molar-refractivity contribution is -0.151. The van der Waals surface area contributed by atoms with Crippen molar-refractivity contribution < 1.29 is 19.8 Å². The maximum absolute atomic E-state index is 12.1. The number of benzene rings is 2. The number of carbonyl (C=O) groups excluding carboxylic acids is 2. The molecule has 3 atom stereocenters. The topological polar surface area (TPSA) is 74.6 Å². The molecule has 4 nitrogen and oxygen atoms in total. The lowest BCUT2D eigenvalue weighted by Gasteiger charge is -2.28. The van der Waals surface area contributed by atoms with Crippen LogP contribution in [0.2, 0.25) is 0 Å². The van der Waals surface area contributed by atoms with Crippen LogP contribution in [0.4, 0.5) is 0 Å². The van der Waals surface area contributed by atoms with Gasteiger partial charge in [-0.25, -0.2) is 0 Å². The van der Waals surface area contributed by atoms with Crippen LogP contribution in [0.1, 0.15) is 35.1 Å². The van der Waals surface area contributed by atoms with Crippen LogP contribution in [0.25, 0.3) is 0 Å². The molecule has 1 aliphatic rings. The lowest BCUT2D eigenvalue weighted by atomic mass is 9.79. The molecule has 0 saturated heterocycles. The number of aliphatic hydroxyl groups excluding tert-OH is 2. The summed E-state index contributed by atoms with van der Waals surface area (Å²) in [6, 6.07) is 16.7. The lowest BCUT2D eigenvalue weighted by Crippen LogP contribution is -2.47. The maximum atomic E-state index is 12.1. The van der Waals surface area contributed by atoms with Gasteiger partial charge in [0.2, 0.25) is 0 Å². The van der Waals surface area contributed by atoms with Gasteiger partial charge in [-0.3, -0.25) is 9.59 Å². The molecule has 3 unspecified atom stereocenters. The smallest absolute Gasteiger partial charge is 0.167 e. The SMILES string of the molecule is Cc1cccc(CCc2cccc(CCC3C(=O)C(O)CC(=O)C3O)c2)c1. The molecule has 1 fully saturated rings. The van der Waals surface area contributed by atoms with Gasteiger partial charge >= 0.3 is 0 Å². The molecule has 0 heterocycles. The number of rotatable bonds is 6. The highest BCUT2D eigenvalue weighted by atomic mass is 16.3. The summed E-state index contributed by atoms with van der Waals surface area (Å²) in [5.41, 5.74) is 4.86. The van der Waals surface area contributed by atoms with Crippen molar-refractivity contribution in [3.05, 3.63) is 70.8 Å². The predicted molar refractivity (Wildman–Crippen MR) is 103 cm³/mol. The Bertz CT molecular complexity index is 827. The van der Waals surface area contributed by atoms with Gasteiger partial charge in [0.25, 0.3) is 0 Å². The van der Waals surface area contributed by atoms with Gasteiger partial charge in [-0.05, 0) is 49.3 Å². The van der Waals surface area contributed by atoms with Gasteiger partial charge < -0.3 is 10.2 Å². The Balaban J connectivity index is 1.60. The third-order valence-electron chi connectivity index (χ3n) is 5.32. The van der Waals surface area contributed by atoms with Crippen LogP contribution in [0.5, 0.6) is 0 Å². The highest BCUT2D eigenvalue weighted by Crippen LogP contribution is 2.24. The molecule has 2 aromatic carbocycles. The molecule has 0 radical (unpaired) electrons. The molecule has 0 amide bonds. The Morgan fingerprint density at radius 1 is 0.889 bits per heavy atom. The highest BCUT2D eigenvalue weighted by molar-refractivity contribution is 6.00. The van der Waals surface area contributed by atoms with Gasteiger partial charge in [-0.2, -0.15) is 0 Å². The first kappa shape index (κ1) is 19.5. The second-order valence-corrected chi connectivity index (χ2v) is 7.49. The van der Waals surface area contributed by atoms with Crippen LogP contribution in [0.15, 0.2) is 48.5 Å². The monoisotopic (exact) mass is 366 g/mol. The van der Waals surface area contributed by atoms with E-state index in [0.29, 0.717) is 12.8 Å². The molecule has 2 N–H and O–H groups in total. The quantitative estimate of drug-likeness (QED) is 0.824. The maximum Gasteiger partial charge on any atom is 0.167 e. The molecule has 3 rings (SSSR count). The molecule has 0 spiro atoms. The second-order valence-electron chi connectivity index (χ2n) is 7.49. The van der Waals surface area contributed by atoms with Crippen molar-refractivity contribution in [3.8, 4) is 0 Å². The summed E-state index contributed by atoms with van der Waals surface area (Å²) >= 11 is 0. The number of Topliss-reactive ketones (excluding diaryl/α,β-unsaturated/α-hetero) is 2. The Morgan fingerprint density at radius 3 is 2.15 bits per heavy atom. The Labute approximate surface area is 159 Å². The predicted octanol–water partition coefficient (Wildman–Crippen LogP) is 2.59. The molecular formula is C23H26O4. The van der Waals surface area contributed by atoms with Crippen LogP contribution in [-0.2, 0) is 28.9 Å². The van der Waals surface area contributed by atoms with E-state index in [2.05, 4.69) is 43.3 Å². The van der Waals surface area contributed by atoms with E-state index in [4.69, 9.17) is 0 Å². The molecule has 142 valence electrons. The third kappa shape index (κ3) is 4.90. The number of ketones is 2. The number of carbonyl (C=O) groups is 2. The number of aliphatic hydroxyl groups is 2. The zero-order valence-corrected chi connectivity index (χ0v) is 15.6. The summed E-state index contributed by atoms with van der Waals surface area (Å²) in [7, 11) is 0. The molecule has 1 saturated carbocycles. The minimum atomic E-state index is -1.29. The van der Waals surface area contributed by atoms with E-state index in [9.17, 15) is 19.8 Å². The standard InChI is InChI=1S/C23H26O4/c1-15-4-2-5-16(12-15)8-9-17-6-3-7-18(13-17)10-11-19-22(26)20(24)14-21(25)23(19)27/h2-7,12-13,19-20,23-24,27H,8-11,14H2,1H3. The molecule has 0 aromatic heterocycles. The van der Waals surface area contributed by atoms with Crippen LogP contribution < -0.4 is 0 Å². The fraction of sp³-hybridized carbons (Fsp3) is 0.391. The molecule has 2 aromatic rings. The summed E-state index contributed by atoms with van der Waals surface area (Å²) in [5, 5.41) is 19.7. The summed E-state index contributed by atoms with van der Waals surface area (Å²) < 4.78 is 0. The highest BCUT2D eigenvalue weighted by Gasteiger charge is 2.41. The minimum absolute atomic E-state index is 0.273. The van der Waals surface area contributed by atoms with E-state index in [1.165, 1.54) is 16.7 Å². The Morgan fingerprint density at radius 2 is 1.48 bits per heavy atom. The molecule has 27 heavy (non-hydrogen) atoms. The first-order chi connectivity index (χ1) is 12.9. The van der Waals surface area contributed by atoms with Crippen molar-refractivity contribution in [1.82, 2.24) is 0 Å². The van der Waals surface area contributed by atoms with Gasteiger partial charge in [0.1, 0.15) is 12.2 Å². The van der Waals surface area contributed by atoms with E-state index < -0.39 is 29.7 Å². The van der Waals surface area contributed by atoms with Crippen LogP contribution >= 0.6 is 0 Å². The van der Waals surface area contributed by atoms with Gasteiger partial charge in [0.15, 0.2) is 11.6 Å². The van der Waals surface area contributed by atoms with E-state index in [0.717, 1.165) is 18.4 Å². The van der Waals surface area contributed by atoms with Gasteiger partial charge in [0.05, 0.1) is 5.92 Å². The van der Waals surface area contributed by atoms with E-state index in [1.807, 2.05) is 12.1 Å². The minimum Gasteiger partial charge on any atom is -0.385 e. The zero-order chi connectivity index (χ0) is 19.4. The van der Waals surface area contributed by atoms with Crippen LogP contribution in [0, 0.1) is 12.8 Å². The molecular weight excluding hydrogens is 340 g/mol. The molecule has 1 aliphatic carbocycles. The van der Waals surface area contributed by atoms with Crippen LogP contribution in [0.3, 0.4) is 0 Å². The second kappa shape index (κ2) is 8.59. The van der Waals surface area contributed by atoms with E-state index in [-0.39, 0.29) is 6.42 Å². The van der Waals surface area contributed by atoms with Crippen molar-refractivity contribution in [2.24, 2.45) is 5.92 Å². The Hall–Kier alpha value is -2.30. The summed E-state index contributed by atoms with van der Waals surface area (Å²) in [6.45, 7) is 2.09. The third-order valence-corrected chi connectivity index (χ3v) is 5.32. The first-order valence-corrected chi connectivity index (χ1v) is 9.50. The number of aryl methyl sites for hydroxylation is 4. The molecule has 0 bridgehead atoms. The average Bonchev–Trinajstić information content (AvgIpc) is 2.65. The van der Waals surface area contributed by atoms with Crippen LogP contribution in [-0.4, -0.2) is 34.0 Å². The van der Waals surface area contributed by atoms with Gasteiger partial charge in [-0.1, -0.05) is 54.1 Å². The summed E-state index contributed by atoms with van der Waals surface area (Å²) in [5.74, 6) is -1.67. The van der Waals surface area contributed by atoms with Crippen molar-refractivity contribution in [3.63, 3.8) is 0 Å². The fourth-order valence-corrected chi connectivity index (χ4v) is 3.76. The van der Waals surface area contributed by atoms with Crippen molar-refractivity contribution >= 4 is 11.6 Å². The van der Waals surface area contributed by atoms with Crippen molar-refractivity contribution in [2.45, 2.75) is 51.2 Å². The summed E-state index contributed by atoms with van der Waals surface area (Å²) in [4.78, 5) is 23.8. The van der Waals surface area contributed by atoms with Gasteiger partial charge in [0, 0.05) is 6.42 Å². The number of hydrogen-bond acceptors (Lipinski definition) is 4. The Kier molecular flexibility index (Phi) is 6.19. The average molecular weight is 366 g/mol. The van der Waals surface area contributed by atoms with E-state index in [1.54, 1.807) is 0 Å². The van der Waals surface area contributed by atoms with Crippen molar-refractivity contribution in [1.29, 1.82) is 0 Å². The van der Waals surface area contributed by atoms with Gasteiger partial charge in [-0.15, -0.1) is 0 Å². The largest absolute Gasteiger partial charge is 0.385 e. The van der Waals surface area contributed by atoms with E-state index >= 15 is 0 Å². The van der Waals surface area contributed by atoms with Crippen molar-refractivity contribution in [2.75, 3.05) is 0 Å². The number of hydrogen-bond donors (Lipinski definition) is 2. The first-order valence-electron chi connectivity index (χ1n) is 9.50. The molecule has 4 heteroatoms. The zero-order valence-electron chi connectivity index (χ0n) is 15.6. The fourth-order valence-electron chi connectivity index (χ4n) is 3.76.